The quantitative estimate of drug-likeness (QED) is 0.161. The van der Waals surface area contributed by atoms with Crippen LogP contribution in [0.25, 0.3) is 67.0 Å². The second kappa shape index (κ2) is 15.5. The molecule has 2 heterocycles. The SMILES string of the molecule is CC1(C)c2ccccc2-c2ccc(-c3ccc(-c4ccc(-c5cc[c-]c(-c6ccccn6)c5)cc4)cc3)cc21.Cc1cccc(-c2[c-]cccc2)n1.[Ir]. The summed E-state index contributed by atoms with van der Waals surface area (Å²) in [5.74, 6) is 0. The average molecular weight is 859 g/mol. The molecule has 1 aliphatic carbocycles. The van der Waals surface area contributed by atoms with Gasteiger partial charge in [0.2, 0.25) is 0 Å². The molecule has 9 rings (SSSR count). The van der Waals surface area contributed by atoms with Gasteiger partial charge in [0.15, 0.2) is 0 Å². The Labute approximate surface area is 326 Å². The molecule has 0 fully saturated rings. The maximum Gasteiger partial charge on any atom is 0.0266 e. The van der Waals surface area contributed by atoms with Gasteiger partial charge in [-0.15, -0.1) is 71.3 Å². The Morgan fingerprint density at radius 2 is 1.04 bits per heavy atom. The molecule has 8 aromatic rings. The number of hydrogen-bond acceptors (Lipinski definition) is 2. The van der Waals surface area contributed by atoms with Gasteiger partial charge in [-0.05, 0) is 86.6 Å². The molecule has 0 atom stereocenters. The molecule has 0 spiro atoms. The smallest absolute Gasteiger partial charge is 0.0266 e. The van der Waals surface area contributed by atoms with Crippen LogP contribution in [0.2, 0.25) is 0 Å². The van der Waals surface area contributed by atoms with E-state index in [1.165, 1.54) is 50.1 Å². The van der Waals surface area contributed by atoms with E-state index >= 15 is 0 Å². The van der Waals surface area contributed by atoms with E-state index < -0.39 is 0 Å². The molecule has 53 heavy (non-hydrogen) atoms. The predicted octanol–water partition coefficient (Wildman–Crippen LogP) is 12.7. The molecule has 0 unspecified atom stereocenters. The summed E-state index contributed by atoms with van der Waals surface area (Å²) in [7, 11) is 0. The molecule has 6 aromatic carbocycles. The van der Waals surface area contributed by atoms with E-state index in [1.807, 2.05) is 79.9 Å². The van der Waals surface area contributed by atoms with Crippen molar-refractivity contribution in [2.45, 2.75) is 26.2 Å². The molecule has 0 aliphatic heterocycles. The van der Waals surface area contributed by atoms with Crippen molar-refractivity contribution in [1.82, 2.24) is 9.97 Å². The molecule has 0 saturated carbocycles. The van der Waals surface area contributed by atoms with Gasteiger partial charge in [0.1, 0.15) is 0 Å². The minimum atomic E-state index is 0. The van der Waals surface area contributed by atoms with Crippen molar-refractivity contribution >= 4 is 0 Å². The third-order valence-corrected chi connectivity index (χ3v) is 9.97. The molecular weight excluding hydrogens is 821 g/mol. The van der Waals surface area contributed by atoms with Crippen molar-refractivity contribution < 1.29 is 20.1 Å². The minimum absolute atomic E-state index is 0. The Balaban J connectivity index is 0.000000263. The van der Waals surface area contributed by atoms with Crippen LogP contribution in [0.3, 0.4) is 0 Å². The van der Waals surface area contributed by atoms with E-state index in [0.717, 1.165) is 33.8 Å². The molecule has 3 heteroatoms. The molecule has 0 N–H and O–H groups in total. The molecule has 1 radical (unpaired) electrons. The van der Waals surface area contributed by atoms with Gasteiger partial charge in [0, 0.05) is 37.4 Å². The fourth-order valence-electron chi connectivity index (χ4n) is 7.16. The summed E-state index contributed by atoms with van der Waals surface area (Å²) in [5, 5.41) is 0. The van der Waals surface area contributed by atoms with Crippen molar-refractivity contribution in [1.29, 1.82) is 0 Å². The van der Waals surface area contributed by atoms with Crippen LogP contribution >= 0.6 is 0 Å². The summed E-state index contributed by atoms with van der Waals surface area (Å²) in [4.78, 5) is 8.88. The zero-order valence-electron chi connectivity index (χ0n) is 30.0. The standard InChI is InChI=1S/C38H28N.C12H10N.Ir/c1-38(2)35-11-4-3-10-33(35)34-22-21-31(25-36(34)38)29-19-15-27(16-20-29)26-13-17-28(18-14-26)30-8-7-9-32(24-30)37-12-5-6-23-39-37;1-10-6-5-9-12(13-10)11-7-3-2-4-8-11;/h3-8,10-25H,1-2H3;2-7,9H,1H3;/q2*-1;. The van der Waals surface area contributed by atoms with Crippen LogP contribution in [0.1, 0.15) is 30.7 Å². The largest absolute Gasteiger partial charge is 0.305 e. The molecule has 259 valence electrons. The molecule has 0 bridgehead atoms. The topological polar surface area (TPSA) is 25.8 Å². The third kappa shape index (κ3) is 7.46. The fourth-order valence-corrected chi connectivity index (χ4v) is 7.16. The Morgan fingerprint density at radius 3 is 1.70 bits per heavy atom. The second-order valence-electron chi connectivity index (χ2n) is 13.7. The van der Waals surface area contributed by atoms with Gasteiger partial charge in [-0.25, -0.2) is 0 Å². The summed E-state index contributed by atoms with van der Waals surface area (Å²) in [6, 6.07) is 66.0. The van der Waals surface area contributed by atoms with Gasteiger partial charge in [-0.1, -0.05) is 123 Å². The summed E-state index contributed by atoms with van der Waals surface area (Å²) < 4.78 is 0. The molecule has 2 nitrogen and oxygen atoms in total. The number of hydrogen-bond donors (Lipinski definition) is 0. The van der Waals surface area contributed by atoms with Crippen LogP contribution < -0.4 is 0 Å². The van der Waals surface area contributed by atoms with Crippen molar-refractivity contribution in [3.63, 3.8) is 0 Å². The molecule has 0 amide bonds. The summed E-state index contributed by atoms with van der Waals surface area (Å²) >= 11 is 0. The van der Waals surface area contributed by atoms with Crippen LogP contribution in [-0.4, -0.2) is 9.97 Å². The third-order valence-electron chi connectivity index (χ3n) is 9.97. The number of pyridine rings is 2. The van der Waals surface area contributed by atoms with Gasteiger partial charge in [-0.2, -0.15) is 0 Å². The number of aromatic nitrogens is 2. The molecule has 1 aliphatic rings. The predicted molar refractivity (Wildman–Crippen MR) is 216 cm³/mol. The molecule has 2 aromatic heterocycles. The summed E-state index contributed by atoms with van der Waals surface area (Å²) in [6.07, 6.45) is 1.82. The minimum Gasteiger partial charge on any atom is -0.305 e. The Hall–Kier alpha value is -5.73. The Morgan fingerprint density at radius 1 is 0.453 bits per heavy atom. The molecule has 0 saturated heterocycles. The van der Waals surface area contributed by atoms with E-state index in [9.17, 15) is 0 Å². The van der Waals surface area contributed by atoms with Crippen molar-refractivity contribution in [2.24, 2.45) is 0 Å². The maximum atomic E-state index is 4.47. The van der Waals surface area contributed by atoms with E-state index in [2.05, 4.69) is 139 Å². The van der Waals surface area contributed by atoms with Crippen molar-refractivity contribution in [3.8, 4) is 67.0 Å². The zero-order valence-corrected chi connectivity index (χ0v) is 32.4. The number of benzene rings is 6. The first-order valence-electron chi connectivity index (χ1n) is 17.7. The zero-order chi connectivity index (χ0) is 35.5. The van der Waals surface area contributed by atoms with Gasteiger partial charge in [0.25, 0.3) is 0 Å². The van der Waals surface area contributed by atoms with E-state index in [4.69, 9.17) is 0 Å². The first-order chi connectivity index (χ1) is 25.4. The second-order valence-corrected chi connectivity index (χ2v) is 13.7. The monoisotopic (exact) mass is 859 g/mol. The van der Waals surface area contributed by atoms with Gasteiger partial charge < -0.3 is 9.97 Å². The van der Waals surface area contributed by atoms with Gasteiger partial charge >= 0.3 is 0 Å². The Kier molecular flexibility index (Phi) is 10.4. The first kappa shape index (κ1) is 35.7. The number of rotatable bonds is 5. The number of nitrogens with zero attached hydrogens (tertiary/aromatic N) is 2. The van der Waals surface area contributed by atoms with Crippen LogP contribution in [0.4, 0.5) is 0 Å². The van der Waals surface area contributed by atoms with E-state index in [-0.39, 0.29) is 25.5 Å². The summed E-state index contributed by atoms with van der Waals surface area (Å²) in [6.45, 7) is 6.66. The van der Waals surface area contributed by atoms with E-state index in [1.54, 1.807) is 0 Å². The summed E-state index contributed by atoms with van der Waals surface area (Å²) in [5.41, 5.74) is 17.9. The van der Waals surface area contributed by atoms with Crippen LogP contribution in [-0.2, 0) is 25.5 Å². The van der Waals surface area contributed by atoms with Crippen LogP contribution in [0.15, 0.2) is 176 Å². The van der Waals surface area contributed by atoms with Crippen molar-refractivity contribution in [3.05, 3.63) is 205 Å². The molecular formula is C50H38IrN2-2. The normalized spacial score (nSPS) is 12.1. The van der Waals surface area contributed by atoms with Crippen LogP contribution in [0, 0.1) is 19.1 Å². The number of fused-ring (bicyclic) bond motifs is 3. The van der Waals surface area contributed by atoms with Crippen LogP contribution in [0.5, 0.6) is 0 Å². The van der Waals surface area contributed by atoms with E-state index in [0.29, 0.717) is 0 Å². The Bertz CT molecular complexity index is 2470. The maximum absolute atomic E-state index is 4.47. The first-order valence-corrected chi connectivity index (χ1v) is 17.7. The van der Waals surface area contributed by atoms with Gasteiger partial charge in [0.05, 0.1) is 0 Å². The average Bonchev–Trinajstić information content (AvgIpc) is 3.44. The number of aryl methyl sites for hydroxylation is 1. The van der Waals surface area contributed by atoms with Gasteiger partial charge in [-0.3, -0.25) is 0 Å². The van der Waals surface area contributed by atoms with Crippen molar-refractivity contribution in [2.75, 3.05) is 0 Å². The fraction of sp³-hybridized carbons (Fsp3) is 0.0800.